The molecule has 0 saturated heterocycles. The van der Waals surface area contributed by atoms with E-state index in [4.69, 9.17) is 5.11 Å². The van der Waals surface area contributed by atoms with Crippen LogP contribution in [0.5, 0.6) is 0 Å². The summed E-state index contributed by atoms with van der Waals surface area (Å²) in [6, 6.07) is 2.24. The van der Waals surface area contributed by atoms with Crippen molar-refractivity contribution >= 4 is 34.4 Å². The molecule has 0 unspecified atom stereocenters. The molecule has 0 saturated carbocycles. The van der Waals surface area contributed by atoms with Crippen LogP contribution in [0, 0.1) is 10.1 Å². The zero-order valence-corrected chi connectivity index (χ0v) is 7.89. The number of nitro benzene ring substituents is 1. The average Bonchev–Trinajstić information content (AvgIpc) is 2.62. The first kappa shape index (κ1) is 9.46. The Hall–Kier alpha value is -2.09. The van der Waals surface area contributed by atoms with Gasteiger partial charge in [0.15, 0.2) is 5.52 Å². The first-order valence-corrected chi connectivity index (χ1v) is 4.46. The predicted octanol–water partition coefficient (Wildman–Crippen LogP) is 1.30. The van der Waals surface area contributed by atoms with Crippen LogP contribution in [0.2, 0.25) is 0 Å². The van der Waals surface area contributed by atoms with E-state index in [1.807, 2.05) is 0 Å². The van der Waals surface area contributed by atoms with Crippen LogP contribution in [0.25, 0.3) is 11.0 Å². The number of non-ortho nitro benzene ring substituents is 1. The number of nitro groups is 1. The van der Waals surface area contributed by atoms with Crippen molar-refractivity contribution in [2.45, 2.75) is 0 Å². The molecule has 0 aliphatic carbocycles. The van der Waals surface area contributed by atoms with Gasteiger partial charge in [0.2, 0.25) is 0 Å². The van der Waals surface area contributed by atoms with Gasteiger partial charge in [-0.15, -0.1) is 0 Å². The average molecular weight is 225 g/mol. The van der Waals surface area contributed by atoms with Crippen molar-refractivity contribution < 1.29 is 14.8 Å². The number of fused-ring (bicyclic) bond motifs is 1. The van der Waals surface area contributed by atoms with Gasteiger partial charge in [0.05, 0.1) is 22.2 Å². The smallest absolute Gasteiger partial charge is 0.336 e. The molecule has 1 aromatic heterocycles. The molecule has 0 spiro atoms. The van der Waals surface area contributed by atoms with Gasteiger partial charge in [0, 0.05) is 6.07 Å². The summed E-state index contributed by atoms with van der Waals surface area (Å²) in [5, 5.41) is 19.4. The van der Waals surface area contributed by atoms with Crippen LogP contribution in [0.1, 0.15) is 10.4 Å². The van der Waals surface area contributed by atoms with E-state index >= 15 is 0 Å². The van der Waals surface area contributed by atoms with Crippen LogP contribution in [-0.2, 0) is 0 Å². The van der Waals surface area contributed by atoms with Gasteiger partial charge in [-0.25, -0.2) is 4.79 Å². The largest absolute Gasteiger partial charge is 0.478 e. The molecule has 15 heavy (non-hydrogen) atoms. The second-order valence-electron chi connectivity index (χ2n) is 2.69. The Kier molecular flexibility index (Phi) is 2.05. The second kappa shape index (κ2) is 3.24. The summed E-state index contributed by atoms with van der Waals surface area (Å²) in [6.45, 7) is 0. The lowest BCUT2D eigenvalue weighted by molar-refractivity contribution is -0.383. The minimum atomic E-state index is -1.23. The number of carbonyl (C=O) groups is 1. The Labute approximate surface area is 86.4 Å². The van der Waals surface area contributed by atoms with E-state index in [1.165, 1.54) is 6.07 Å². The standard InChI is InChI=1S/C7H3N3O4S/c11-7(12)3-1-4-6(9-15-8-4)5(2-3)10(13)14/h1-2H,(H,11,12). The van der Waals surface area contributed by atoms with Crippen LogP contribution < -0.4 is 0 Å². The summed E-state index contributed by atoms with van der Waals surface area (Å²) >= 11 is 0.807. The zero-order valence-electron chi connectivity index (χ0n) is 7.08. The quantitative estimate of drug-likeness (QED) is 0.609. The highest BCUT2D eigenvalue weighted by Gasteiger charge is 2.19. The van der Waals surface area contributed by atoms with Gasteiger partial charge in [-0.2, -0.15) is 8.75 Å². The first-order chi connectivity index (χ1) is 7.09. The molecule has 0 bridgehead atoms. The van der Waals surface area contributed by atoms with E-state index in [1.54, 1.807) is 0 Å². The predicted molar refractivity (Wildman–Crippen MR) is 51.0 cm³/mol. The van der Waals surface area contributed by atoms with Crippen LogP contribution in [0.4, 0.5) is 5.69 Å². The maximum Gasteiger partial charge on any atom is 0.336 e. The molecular formula is C7H3N3O4S. The van der Waals surface area contributed by atoms with Gasteiger partial charge in [-0.3, -0.25) is 10.1 Å². The number of benzene rings is 1. The summed E-state index contributed by atoms with van der Waals surface area (Å²) in [5.41, 5.74) is -0.151. The number of rotatable bonds is 2. The maximum absolute atomic E-state index is 10.7. The number of aromatic nitrogens is 2. The molecule has 0 aliphatic heterocycles. The minimum absolute atomic E-state index is 0.120. The summed E-state index contributed by atoms with van der Waals surface area (Å²) in [4.78, 5) is 20.6. The highest BCUT2D eigenvalue weighted by atomic mass is 32.1. The third-order valence-electron chi connectivity index (χ3n) is 1.78. The molecule has 2 aromatic rings. The van der Waals surface area contributed by atoms with Crippen molar-refractivity contribution in [3.8, 4) is 0 Å². The number of carboxylic acid groups (broad SMARTS) is 1. The fourth-order valence-electron chi connectivity index (χ4n) is 1.14. The lowest BCUT2D eigenvalue weighted by atomic mass is 10.1. The Morgan fingerprint density at radius 2 is 2.20 bits per heavy atom. The molecule has 0 aliphatic rings. The molecule has 0 fully saturated rings. The monoisotopic (exact) mass is 225 g/mol. The van der Waals surface area contributed by atoms with E-state index in [2.05, 4.69) is 8.75 Å². The molecule has 0 atom stereocenters. The molecule has 7 nitrogen and oxygen atoms in total. The molecule has 8 heteroatoms. The third kappa shape index (κ3) is 1.50. The fraction of sp³-hybridized carbons (Fsp3) is 0. The van der Waals surface area contributed by atoms with Gasteiger partial charge in [-0.1, -0.05) is 0 Å². The highest BCUT2D eigenvalue weighted by Crippen LogP contribution is 2.25. The van der Waals surface area contributed by atoms with Crippen molar-refractivity contribution in [2.75, 3.05) is 0 Å². The van der Waals surface area contributed by atoms with E-state index < -0.39 is 10.9 Å². The van der Waals surface area contributed by atoms with Crippen LogP contribution in [0.3, 0.4) is 0 Å². The van der Waals surface area contributed by atoms with Gasteiger partial charge >= 0.3 is 5.97 Å². The van der Waals surface area contributed by atoms with Gasteiger partial charge < -0.3 is 5.11 Å². The maximum atomic E-state index is 10.7. The number of carboxylic acids is 1. The highest BCUT2D eigenvalue weighted by molar-refractivity contribution is 7.00. The summed E-state index contributed by atoms with van der Waals surface area (Å²) in [5.74, 6) is -1.23. The summed E-state index contributed by atoms with van der Waals surface area (Å²) in [7, 11) is 0. The number of hydrogen-bond acceptors (Lipinski definition) is 6. The van der Waals surface area contributed by atoms with Crippen molar-refractivity contribution in [2.24, 2.45) is 0 Å². The molecule has 0 amide bonds. The fourth-order valence-corrected chi connectivity index (χ4v) is 1.67. The third-order valence-corrected chi connectivity index (χ3v) is 2.33. The Balaban J connectivity index is 2.80. The molecule has 76 valence electrons. The molecule has 1 heterocycles. The van der Waals surface area contributed by atoms with E-state index in [0.29, 0.717) is 0 Å². The van der Waals surface area contributed by atoms with Crippen LogP contribution in [0.15, 0.2) is 12.1 Å². The van der Waals surface area contributed by atoms with Crippen molar-refractivity contribution in [3.63, 3.8) is 0 Å². The normalized spacial score (nSPS) is 10.4. The van der Waals surface area contributed by atoms with Gasteiger partial charge in [0.25, 0.3) is 5.69 Å². The van der Waals surface area contributed by atoms with Crippen molar-refractivity contribution in [1.29, 1.82) is 0 Å². The lowest BCUT2D eigenvalue weighted by Crippen LogP contribution is -1.98. The number of aromatic carboxylic acids is 1. The molecular weight excluding hydrogens is 222 g/mol. The number of hydrogen-bond donors (Lipinski definition) is 1. The lowest BCUT2D eigenvalue weighted by Gasteiger charge is -1.95. The number of nitrogens with zero attached hydrogens (tertiary/aromatic N) is 3. The molecule has 1 N–H and O–H groups in total. The second-order valence-corrected chi connectivity index (χ2v) is 3.22. The zero-order chi connectivity index (χ0) is 11.0. The van der Waals surface area contributed by atoms with Crippen molar-refractivity contribution in [3.05, 3.63) is 27.8 Å². The summed E-state index contributed by atoms with van der Waals surface area (Å²) < 4.78 is 7.50. The van der Waals surface area contributed by atoms with Crippen LogP contribution in [-0.4, -0.2) is 24.7 Å². The molecule has 0 radical (unpaired) electrons. The van der Waals surface area contributed by atoms with E-state index in [9.17, 15) is 14.9 Å². The van der Waals surface area contributed by atoms with E-state index in [0.717, 1.165) is 17.8 Å². The SMILES string of the molecule is O=C(O)c1cc([N+](=O)[O-])c2nsnc2c1. The Morgan fingerprint density at radius 3 is 2.80 bits per heavy atom. The molecule has 2 rings (SSSR count). The van der Waals surface area contributed by atoms with Gasteiger partial charge in [0.1, 0.15) is 5.52 Å². The minimum Gasteiger partial charge on any atom is -0.478 e. The van der Waals surface area contributed by atoms with Crippen LogP contribution >= 0.6 is 11.7 Å². The Morgan fingerprint density at radius 1 is 1.47 bits per heavy atom. The topological polar surface area (TPSA) is 106 Å². The van der Waals surface area contributed by atoms with E-state index in [-0.39, 0.29) is 22.3 Å². The van der Waals surface area contributed by atoms with Crippen molar-refractivity contribution in [1.82, 2.24) is 8.75 Å². The Bertz CT molecular complexity index is 564. The van der Waals surface area contributed by atoms with Gasteiger partial charge in [-0.05, 0) is 6.07 Å². The summed E-state index contributed by atoms with van der Waals surface area (Å²) in [6.07, 6.45) is 0. The molecule has 1 aromatic carbocycles. The first-order valence-electron chi connectivity index (χ1n) is 3.73.